The molecular formula is C16H17NO4S2. The predicted molar refractivity (Wildman–Crippen MR) is 90.1 cm³/mol. The van der Waals surface area contributed by atoms with E-state index < -0.39 is 16.8 Å². The molecule has 122 valence electrons. The fourth-order valence-electron chi connectivity index (χ4n) is 1.93. The molecule has 0 saturated carbocycles. The molecule has 0 saturated heterocycles. The summed E-state index contributed by atoms with van der Waals surface area (Å²) in [4.78, 5) is 25.3. The van der Waals surface area contributed by atoms with E-state index in [0.29, 0.717) is 11.4 Å². The van der Waals surface area contributed by atoms with Crippen LogP contribution in [0.25, 0.3) is 0 Å². The van der Waals surface area contributed by atoms with Crippen LogP contribution in [0.1, 0.15) is 15.2 Å². The number of benzene rings is 1. The molecule has 0 aliphatic rings. The van der Waals surface area contributed by atoms with Gasteiger partial charge in [-0.25, -0.2) is 4.79 Å². The molecule has 0 fully saturated rings. The molecule has 1 aromatic heterocycles. The number of rotatable bonds is 7. The molecule has 7 heteroatoms. The lowest BCUT2D eigenvalue weighted by atomic mass is 10.2. The second-order valence-electron chi connectivity index (χ2n) is 4.71. The van der Waals surface area contributed by atoms with Gasteiger partial charge in [0.15, 0.2) is 6.61 Å². The summed E-state index contributed by atoms with van der Waals surface area (Å²) in [6.07, 6.45) is 2.23. The van der Waals surface area contributed by atoms with Crippen molar-refractivity contribution in [1.82, 2.24) is 5.32 Å². The largest absolute Gasteiger partial charge is 0.452 e. The van der Waals surface area contributed by atoms with Crippen LogP contribution in [0.4, 0.5) is 0 Å². The minimum Gasteiger partial charge on any atom is -0.452 e. The quantitative estimate of drug-likeness (QED) is 0.775. The zero-order chi connectivity index (χ0) is 16.7. The van der Waals surface area contributed by atoms with E-state index in [1.54, 1.807) is 29.5 Å². The van der Waals surface area contributed by atoms with Crippen molar-refractivity contribution in [3.05, 3.63) is 52.2 Å². The molecule has 0 radical (unpaired) electrons. The summed E-state index contributed by atoms with van der Waals surface area (Å²) < 4.78 is 16.6. The molecule has 2 rings (SSSR count). The second kappa shape index (κ2) is 8.59. The number of ether oxygens (including phenoxy) is 1. The third-order valence-corrected chi connectivity index (χ3v) is 4.94. The third-order valence-electron chi connectivity index (χ3n) is 3.02. The van der Waals surface area contributed by atoms with Crippen molar-refractivity contribution in [3.63, 3.8) is 0 Å². The lowest BCUT2D eigenvalue weighted by Gasteiger charge is -2.08. The van der Waals surface area contributed by atoms with Gasteiger partial charge in [-0.2, -0.15) is 0 Å². The summed E-state index contributed by atoms with van der Waals surface area (Å²) in [5, 5.41) is 4.68. The molecule has 1 heterocycles. The minimum atomic E-state index is -1.30. The monoisotopic (exact) mass is 351 g/mol. The molecule has 1 amide bonds. The van der Waals surface area contributed by atoms with E-state index in [1.165, 1.54) is 17.2 Å². The molecule has 2 aromatic rings. The standard InChI is InChI=1S/C16H17NO4S2/c1-23(20)14-7-3-2-6-13(14)16(19)21-11-15(18)17-9-8-12-5-4-10-22-12/h2-7,10H,8-9,11H2,1H3,(H,17,18)/t23-/m1/s1. The number of nitrogens with one attached hydrogen (secondary N) is 1. The van der Waals surface area contributed by atoms with Gasteiger partial charge in [0.25, 0.3) is 5.91 Å². The molecular weight excluding hydrogens is 334 g/mol. The first-order valence-electron chi connectivity index (χ1n) is 6.96. The van der Waals surface area contributed by atoms with Crippen molar-refractivity contribution in [2.45, 2.75) is 11.3 Å². The molecule has 1 N–H and O–H groups in total. The number of amides is 1. The van der Waals surface area contributed by atoms with Crippen molar-refractivity contribution in [2.75, 3.05) is 19.4 Å². The SMILES string of the molecule is C[S@@](=O)c1ccccc1C(=O)OCC(=O)NCCc1cccs1. The van der Waals surface area contributed by atoms with Crippen LogP contribution in [0, 0.1) is 0 Å². The van der Waals surface area contributed by atoms with Crippen molar-refractivity contribution >= 4 is 34.0 Å². The predicted octanol–water partition coefficient (Wildman–Crippen LogP) is 2.00. The van der Waals surface area contributed by atoms with E-state index in [4.69, 9.17) is 4.74 Å². The fraction of sp³-hybridized carbons (Fsp3) is 0.250. The molecule has 0 bridgehead atoms. The number of thiophene rings is 1. The van der Waals surface area contributed by atoms with Crippen molar-refractivity contribution in [1.29, 1.82) is 0 Å². The van der Waals surface area contributed by atoms with Crippen LogP contribution >= 0.6 is 11.3 Å². The van der Waals surface area contributed by atoms with E-state index in [9.17, 15) is 13.8 Å². The maximum absolute atomic E-state index is 12.0. The van der Waals surface area contributed by atoms with E-state index in [1.807, 2.05) is 17.5 Å². The zero-order valence-electron chi connectivity index (χ0n) is 12.6. The van der Waals surface area contributed by atoms with Crippen LogP contribution in [-0.2, 0) is 26.8 Å². The van der Waals surface area contributed by atoms with Crippen molar-refractivity contribution in [3.8, 4) is 0 Å². The maximum atomic E-state index is 12.0. The van der Waals surface area contributed by atoms with Gasteiger partial charge in [0.05, 0.1) is 21.3 Å². The first kappa shape index (κ1) is 17.4. The summed E-state index contributed by atoms with van der Waals surface area (Å²) >= 11 is 1.63. The molecule has 0 aliphatic carbocycles. The zero-order valence-corrected chi connectivity index (χ0v) is 14.2. The number of hydrogen-bond acceptors (Lipinski definition) is 5. The molecule has 1 aromatic carbocycles. The molecule has 23 heavy (non-hydrogen) atoms. The third kappa shape index (κ3) is 5.30. The lowest BCUT2D eigenvalue weighted by Crippen LogP contribution is -2.30. The first-order valence-corrected chi connectivity index (χ1v) is 9.40. The average Bonchev–Trinajstić information content (AvgIpc) is 3.06. The van der Waals surface area contributed by atoms with Crippen molar-refractivity contribution in [2.24, 2.45) is 0 Å². The highest BCUT2D eigenvalue weighted by atomic mass is 32.2. The van der Waals surface area contributed by atoms with Gasteiger partial charge >= 0.3 is 5.97 Å². The van der Waals surface area contributed by atoms with Crippen LogP contribution < -0.4 is 5.32 Å². The van der Waals surface area contributed by atoms with Crippen LogP contribution in [0.2, 0.25) is 0 Å². The van der Waals surface area contributed by atoms with E-state index in [2.05, 4.69) is 5.32 Å². The molecule has 0 unspecified atom stereocenters. The second-order valence-corrected chi connectivity index (χ2v) is 7.09. The van der Waals surface area contributed by atoms with Gasteiger partial charge in [-0.1, -0.05) is 18.2 Å². The smallest absolute Gasteiger partial charge is 0.339 e. The maximum Gasteiger partial charge on any atom is 0.339 e. The normalized spacial score (nSPS) is 11.7. The lowest BCUT2D eigenvalue weighted by molar-refractivity contribution is -0.124. The van der Waals surface area contributed by atoms with Gasteiger partial charge in [-0.3, -0.25) is 9.00 Å². The Bertz CT molecular complexity index is 698. The number of carbonyl (C=O) groups excluding carboxylic acids is 2. The Kier molecular flexibility index (Phi) is 6.49. The van der Waals surface area contributed by atoms with Crippen molar-refractivity contribution < 1.29 is 18.5 Å². The Balaban J connectivity index is 1.80. The molecule has 1 atom stereocenters. The number of carbonyl (C=O) groups is 2. The average molecular weight is 351 g/mol. The number of hydrogen-bond donors (Lipinski definition) is 1. The number of esters is 1. The molecule has 0 aliphatic heterocycles. The topological polar surface area (TPSA) is 72.5 Å². The van der Waals surface area contributed by atoms with E-state index in [0.717, 1.165) is 6.42 Å². The Hall–Kier alpha value is -1.99. The van der Waals surface area contributed by atoms with E-state index in [-0.39, 0.29) is 18.1 Å². The van der Waals surface area contributed by atoms with Gasteiger partial charge in [0.1, 0.15) is 0 Å². The van der Waals surface area contributed by atoms with Gasteiger partial charge in [0, 0.05) is 17.7 Å². The summed E-state index contributed by atoms with van der Waals surface area (Å²) in [5.74, 6) is -1.01. The Morgan fingerprint density at radius 2 is 2.00 bits per heavy atom. The summed E-state index contributed by atoms with van der Waals surface area (Å²) in [7, 11) is -1.30. The highest BCUT2D eigenvalue weighted by molar-refractivity contribution is 7.84. The van der Waals surface area contributed by atoms with Crippen LogP contribution in [0.3, 0.4) is 0 Å². The van der Waals surface area contributed by atoms with Crippen LogP contribution in [0.5, 0.6) is 0 Å². The Morgan fingerprint density at radius 3 is 2.70 bits per heavy atom. The highest BCUT2D eigenvalue weighted by Crippen LogP contribution is 2.13. The van der Waals surface area contributed by atoms with Gasteiger partial charge in [0.2, 0.25) is 0 Å². The Labute approximate surface area is 141 Å². The Morgan fingerprint density at radius 1 is 1.22 bits per heavy atom. The summed E-state index contributed by atoms with van der Waals surface area (Å²) in [6.45, 7) is 0.139. The molecule has 5 nitrogen and oxygen atoms in total. The van der Waals surface area contributed by atoms with Crippen LogP contribution in [-0.4, -0.2) is 35.5 Å². The fourth-order valence-corrected chi connectivity index (χ4v) is 3.37. The van der Waals surface area contributed by atoms with E-state index >= 15 is 0 Å². The van der Waals surface area contributed by atoms with Gasteiger partial charge < -0.3 is 10.1 Å². The highest BCUT2D eigenvalue weighted by Gasteiger charge is 2.15. The minimum absolute atomic E-state index is 0.222. The summed E-state index contributed by atoms with van der Waals surface area (Å²) in [5.41, 5.74) is 0.222. The van der Waals surface area contributed by atoms with Crippen LogP contribution in [0.15, 0.2) is 46.7 Å². The summed E-state index contributed by atoms with van der Waals surface area (Å²) in [6, 6.07) is 10.5. The van der Waals surface area contributed by atoms with Gasteiger partial charge in [-0.05, 0) is 30.0 Å². The van der Waals surface area contributed by atoms with Gasteiger partial charge in [-0.15, -0.1) is 11.3 Å². The first-order chi connectivity index (χ1) is 11.1. The molecule has 0 spiro atoms.